The van der Waals surface area contributed by atoms with Gasteiger partial charge in [0.05, 0.1) is 5.69 Å². The standard InChI is InChI=1S/C31H29FN2O2.C6H8Cl2.2C2H6.CH4O/c1-3-6-28-20-34(4-2)31(33-28)18-15-26-11-12-27(19-30(26)32)25-13-16-29(17-14-25)36-22-24-8-5-7-23(21-35)9-10-24;1-3-6(8)4-5(2)7;3*1-2/h3,5-7,9-21H,4,8,22H2,1-2H3;4H,2-3H2,1H3;2*1-2H3;2H,1H3/b6-3+,18-15+;6-4+;;;. The summed E-state index contributed by atoms with van der Waals surface area (Å²) >= 11 is 11.0. The van der Waals surface area contributed by atoms with Gasteiger partial charge in [0, 0.05) is 41.1 Å². The second-order valence-electron chi connectivity index (χ2n) is 9.80. The molecule has 1 aliphatic carbocycles. The van der Waals surface area contributed by atoms with Crippen LogP contribution in [0.1, 0.15) is 78.4 Å². The molecular weight excluding hydrogens is 670 g/mol. The number of aldehydes is 1. The summed E-state index contributed by atoms with van der Waals surface area (Å²) < 4.78 is 22.8. The molecule has 270 valence electrons. The van der Waals surface area contributed by atoms with Gasteiger partial charge in [0.25, 0.3) is 0 Å². The summed E-state index contributed by atoms with van der Waals surface area (Å²) in [6, 6.07) is 12.9. The Morgan fingerprint density at radius 1 is 1.00 bits per heavy atom. The van der Waals surface area contributed by atoms with Gasteiger partial charge in [-0.2, -0.15) is 0 Å². The van der Waals surface area contributed by atoms with E-state index in [2.05, 4.69) is 18.5 Å². The van der Waals surface area contributed by atoms with Crippen molar-refractivity contribution in [1.82, 2.24) is 9.55 Å². The van der Waals surface area contributed by atoms with Crippen LogP contribution in [0.25, 0.3) is 29.4 Å². The van der Waals surface area contributed by atoms with Crippen molar-refractivity contribution in [2.24, 2.45) is 0 Å². The number of carbonyl (C=O) groups is 1. The van der Waals surface area contributed by atoms with Crippen molar-refractivity contribution in [3.05, 3.63) is 136 Å². The number of aliphatic hydroxyl groups excluding tert-OH is 1. The summed E-state index contributed by atoms with van der Waals surface area (Å²) in [7, 11) is 1.00. The van der Waals surface area contributed by atoms with E-state index < -0.39 is 0 Å². The minimum Gasteiger partial charge on any atom is -0.489 e. The number of rotatable bonds is 11. The Morgan fingerprint density at radius 3 is 2.20 bits per heavy atom. The van der Waals surface area contributed by atoms with Crippen LogP contribution in [0, 0.1) is 5.82 Å². The van der Waals surface area contributed by atoms with Crippen molar-refractivity contribution in [2.45, 2.75) is 67.9 Å². The Bertz CT molecular complexity index is 1630. The van der Waals surface area contributed by atoms with Crippen LogP contribution < -0.4 is 4.74 Å². The lowest BCUT2D eigenvalue weighted by Gasteiger charge is -2.09. The summed E-state index contributed by atoms with van der Waals surface area (Å²) in [4.78, 5) is 15.5. The molecule has 5 nitrogen and oxygen atoms in total. The molecule has 0 spiro atoms. The van der Waals surface area contributed by atoms with E-state index in [1.807, 2.05) is 119 Å². The molecule has 0 saturated carbocycles. The molecule has 8 heteroatoms. The number of imidazole rings is 1. The third-order valence-electron chi connectivity index (χ3n) is 6.52. The first-order valence-corrected chi connectivity index (χ1v) is 17.6. The van der Waals surface area contributed by atoms with Gasteiger partial charge in [-0.1, -0.05) is 119 Å². The van der Waals surface area contributed by atoms with E-state index in [-0.39, 0.29) is 5.82 Å². The van der Waals surface area contributed by atoms with Crippen molar-refractivity contribution < 1.29 is 19.0 Å². The van der Waals surface area contributed by atoms with Crippen LogP contribution in [-0.4, -0.2) is 34.7 Å². The van der Waals surface area contributed by atoms with Crippen LogP contribution in [0.4, 0.5) is 4.39 Å². The van der Waals surface area contributed by atoms with Gasteiger partial charge in [0.2, 0.25) is 0 Å². The molecule has 1 N–H and O–H groups in total. The molecular formula is C42H53Cl2FN2O3. The fraction of sp³-hybridized carbons (Fsp3) is 0.286. The largest absolute Gasteiger partial charge is 0.489 e. The fourth-order valence-electron chi connectivity index (χ4n) is 4.16. The lowest BCUT2D eigenvalue weighted by Crippen LogP contribution is -2.00. The normalized spacial score (nSPS) is 12.0. The smallest absolute Gasteiger partial charge is 0.150 e. The summed E-state index contributed by atoms with van der Waals surface area (Å²) in [6.07, 6.45) is 21.0. The maximum absolute atomic E-state index is 14.9. The highest BCUT2D eigenvalue weighted by Crippen LogP contribution is 2.26. The van der Waals surface area contributed by atoms with Gasteiger partial charge in [-0.25, -0.2) is 9.37 Å². The number of aryl methyl sites for hydroxylation is 1. The molecule has 0 amide bonds. The maximum Gasteiger partial charge on any atom is 0.150 e. The van der Waals surface area contributed by atoms with Gasteiger partial charge in [0.15, 0.2) is 0 Å². The summed E-state index contributed by atoms with van der Waals surface area (Å²) in [5.74, 6) is 1.24. The van der Waals surface area contributed by atoms with Crippen LogP contribution in [0.3, 0.4) is 0 Å². The van der Waals surface area contributed by atoms with Gasteiger partial charge < -0.3 is 14.4 Å². The van der Waals surface area contributed by atoms with Crippen LogP contribution in [-0.2, 0) is 11.3 Å². The first-order chi connectivity index (χ1) is 24.3. The molecule has 1 aromatic heterocycles. The molecule has 0 aliphatic heterocycles. The molecule has 0 fully saturated rings. The average molecular weight is 724 g/mol. The van der Waals surface area contributed by atoms with Crippen molar-refractivity contribution in [3.63, 3.8) is 0 Å². The topological polar surface area (TPSA) is 64.4 Å². The molecule has 1 heterocycles. The van der Waals surface area contributed by atoms with E-state index >= 15 is 0 Å². The van der Waals surface area contributed by atoms with Gasteiger partial charge in [-0.3, -0.25) is 4.79 Å². The van der Waals surface area contributed by atoms with E-state index in [4.69, 9.17) is 33.0 Å². The highest BCUT2D eigenvalue weighted by Gasteiger charge is 2.07. The molecule has 0 unspecified atom stereocenters. The van der Waals surface area contributed by atoms with E-state index in [1.165, 1.54) is 0 Å². The minimum atomic E-state index is -0.288. The number of nitrogens with zero attached hydrogens (tertiary/aromatic N) is 2. The van der Waals surface area contributed by atoms with Crippen molar-refractivity contribution in [2.75, 3.05) is 13.7 Å². The molecule has 4 rings (SSSR count). The number of ether oxygens (including phenoxy) is 1. The number of allylic oxidation sites excluding steroid dienone is 9. The molecule has 3 aromatic rings. The fourth-order valence-corrected chi connectivity index (χ4v) is 4.48. The third kappa shape index (κ3) is 16.9. The quantitative estimate of drug-likeness (QED) is 0.158. The van der Waals surface area contributed by atoms with Crippen LogP contribution in [0.5, 0.6) is 5.75 Å². The average Bonchev–Trinajstić information content (AvgIpc) is 3.39. The van der Waals surface area contributed by atoms with Gasteiger partial charge in [0.1, 0.15) is 30.3 Å². The Morgan fingerprint density at radius 2 is 1.66 bits per heavy atom. The summed E-state index contributed by atoms with van der Waals surface area (Å²) in [6.45, 7) is 18.6. The highest BCUT2D eigenvalue weighted by atomic mass is 35.5. The van der Waals surface area contributed by atoms with Gasteiger partial charge in [-0.05, 0) is 85.9 Å². The Labute approximate surface area is 309 Å². The first kappa shape index (κ1) is 45.8. The summed E-state index contributed by atoms with van der Waals surface area (Å²) in [5.41, 5.74) is 4.82. The second-order valence-corrected chi connectivity index (χ2v) is 10.8. The molecule has 0 atom stereocenters. The molecule has 1 aliphatic rings. The zero-order valence-electron chi connectivity index (χ0n) is 30.7. The number of carbonyl (C=O) groups excluding carboxylic acids is 1. The Hall–Kier alpha value is -4.23. The molecule has 0 saturated heterocycles. The van der Waals surface area contributed by atoms with E-state index in [9.17, 15) is 9.18 Å². The van der Waals surface area contributed by atoms with Gasteiger partial charge in [-0.15, -0.1) is 0 Å². The van der Waals surface area contributed by atoms with E-state index in [0.29, 0.717) is 22.8 Å². The molecule has 0 bridgehead atoms. The lowest BCUT2D eigenvalue weighted by atomic mass is 10.0. The van der Waals surface area contributed by atoms with Crippen LogP contribution >= 0.6 is 23.2 Å². The number of aliphatic hydroxyl groups is 1. The summed E-state index contributed by atoms with van der Waals surface area (Å²) in [5, 5.41) is 8.22. The minimum absolute atomic E-state index is 0.288. The van der Waals surface area contributed by atoms with Crippen molar-refractivity contribution in [3.8, 4) is 16.9 Å². The Kier molecular flexibility index (Phi) is 25.2. The number of hydrogen-bond acceptors (Lipinski definition) is 4. The molecule has 0 radical (unpaired) electrons. The number of halogens is 3. The first-order valence-electron chi connectivity index (χ1n) is 16.8. The van der Waals surface area contributed by atoms with E-state index in [1.54, 1.807) is 30.4 Å². The van der Waals surface area contributed by atoms with Gasteiger partial charge >= 0.3 is 0 Å². The predicted molar refractivity (Wildman–Crippen MR) is 215 cm³/mol. The molecule has 50 heavy (non-hydrogen) atoms. The van der Waals surface area contributed by atoms with Crippen molar-refractivity contribution >= 4 is 47.7 Å². The highest BCUT2D eigenvalue weighted by molar-refractivity contribution is 6.34. The molecule has 2 aromatic carbocycles. The zero-order chi connectivity index (χ0) is 37.9. The number of benzene rings is 2. The van der Waals surface area contributed by atoms with Crippen LogP contribution in [0.2, 0.25) is 0 Å². The predicted octanol–water partition coefficient (Wildman–Crippen LogP) is 12.2. The lowest BCUT2D eigenvalue weighted by molar-refractivity contribution is -0.104. The van der Waals surface area contributed by atoms with Crippen LogP contribution in [0.15, 0.2) is 113 Å². The SMILES string of the molecule is C/C=C/c1cn(CC)c(/C=C/c2ccc(-c3ccc(OCC4=CC=C(C=O)C=CC4)cc3)cc2F)n1.C=C(Cl)/C=C(/Cl)CC.CC.CC.CO. The second kappa shape index (κ2) is 27.6. The number of aromatic nitrogens is 2. The number of hydrogen-bond donors (Lipinski definition) is 1. The Balaban J connectivity index is 0.00000148. The maximum atomic E-state index is 14.9. The monoisotopic (exact) mass is 722 g/mol. The van der Waals surface area contributed by atoms with E-state index in [0.717, 1.165) is 71.8 Å². The van der Waals surface area contributed by atoms with Crippen molar-refractivity contribution in [1.29, 1.82) is 0 Å². The zero-order valence-corrected chi connectivity index (χ0v) is 32.2. The third-order valence-corrected chi connectivity index (χ3v) is 7.00.